The lowest BCUT2D eigenvalue weighted by Crippen LogP contribution is -2.43. The van der Waals surface area contributed by atoms with E-state index in [2.05, 4.69) is 10.6 Å². The number of nitrogens with zero attached hydrogens (tertiary/aromatic N) is 2. The number of anilines is 1. The summed E-state index contributed by atoms with van der Waals surface area (Å²) in [7, 11) is 0. The van der Waals surface area contributed by atoms with Gasteiger partial charge in [-0.1, -0.05) is 0 Å². The Balaban J connectivity index is 1.95. The fraction of sp³-hybridized carbons (Fsp3) is 0.400. The fourth-order valence-electron chi connectivity index (χ4n) is 2.21. The van der Waals surface area contributed by atoms with Crippen LogP contribution in [-0.2, 0) is 9.59 Å². The predicted octanol–water partition coefficient (Wildman–Crippen LogP) is 0.707. The molecule has 1 fully saturated rings. The van der Waals surface area contributed by atoms with Crippen molar-refractivity contribution >= 4 is 17.5 Å². The molecule has 2 N–H and O–H groups in total. The summed E-state index contributed by atoms with van der Waals surface area (Å²) < 4.78 is 0. The zero-order valence-electron chi connectivity index (χ0n) is 11.9. The Kier molecular flexibility index (Phi) is 4.90. The smallest absolute Gasteiger partial charge is 0.241 e. The van der Waals surface area contributed by atoms with Crippen LogP contribution in [0.1, 0.15) is 18.9 Å². The molecule has 1 saturated heterocycles. The van der Waals surface area contributed by atoms with E-state index in [1.54, 1.807) is 24.3 Å². The van der Waals surface area contributed by atoms with Gasteiger partial charge in [0.05, 0.1) is 17.7 Å². The highest BCUT2D eigenvalue weighted by atomic mass is 16.2. The third-order valence-electron chi connectivity index (χ3n) is 3.56. The van der Waals surface area contributed by atoms with Crippen LogP contribution in [0.5, 0.6) is 0 Å². The van der Waals surface area contributed by atoms with Crippen LogP contribution in [0, 0.1) is 11.3 Å². The minimum absolute atomic E-state index is 0.0252. The lowest BCUT2D eigenvalue weighted by Gasteiger charge is -2.25. The van der Waals surface area contributed by atoms with Gasteiger partial charge < -0.3 is 10.6 Å². The van der Waals surface area contributed by atoms with E-state index in [1.807, 2.05) is 17.9 Å². The molecule has 1 aliphatic heterocycles. The minimum atomic E-state index is -0.312. The molecular weight excluding hydrogens is 268 g/mol. The average Bonchev–Trinajstić information content (AvgIpc) is 2.72. The van der Waals surface area contributed by atoms with Gasteiger partial charge in [0.15, 0.2) is 0 Å². The molecule has 1 aliphatic rings. The van der Waals surface area contributed by atoms with Crippen LogP contribution >= 0.6 is 0 Å². The Morgan fingerprint density at radius 2 is 2.10 bits per heavy atom. The van der Waals surface area contributed by atoms with E-state index in [1.165, 1.54) is 0 Å². The maximum absolute atomic E-state index is 12.2. The highest BCUT2D eigenvalue weighted by molar-refractivity contribution is 5.94. The molecule has 1 unspecified atom stereocenters. The fourth-order valence-corrected chi connectivity index (χ4v) is 2.21. The highest BCUT2D eigenvalue weighted by Gasteiger charge is 2.23. The van der Waals surface area contributed by atoms with Crippen molar-refractivity contribution in [1.29, 1.82) is 5.26 Å². The topological polar surface area (TPSA) is 85.2 Å². The average molecular weight is 286 g/mol. The van der Waals surface area contributed by atoms with Crippen molar-refractivity contribution in [2.75, 3.05) is 25.0 Å². The molecule has 0 radical (unpaired) electrons. The van der Waals surface area contributed by atoms with Crippen molar-refractivity contribution in [1.82, 2.24) is 10.2 Å². The van der Waals surface area contributed by atoms with E-state index >= 15 is 0 Å². The Bertz CT molecular complexity index is 562. The normalized spacial score (nSPS) is 17.2. The van der Waals surface area contributed by atoms with Crippen molar-refractivity contribution in [3.8, 4) is 6.07 Å². The van der Waals surface area contributed by atoms with Crippen LogP contribution in [0.4, 0.5) is 5.69 Å². The number of amides is 2. The number of hydrogen-bond acceptors (Lipinski definition) is 4. The summed E-state index contributed by atoms with van der Waals surface area (Å²) in [5.74, 6) is -0.0914. The lowest BCUT2D eigenvalue weighted by molar-refractivity contribution is -0.122. The van der Waals surface area contributed by atoms with Gasteiger partial charge in [0.1, 0.15) is 0 Å². The molecule has 6 heteroatoms. The predicted molar refractivity (Wildman–Crippen MR) is 78.4 cm³/mol. The molecule has 6 nitrogen and oxygen atoms in total. The minimum Gasteiger partial charge on any atom is -0.355 e. The Labute approximate surface area is 123 Å². The number of rotatable bonds is 3. The molecule has 21 heavy (non-hydrogen) atoms. The molecule has 0 saturated carbocycles. The van der Waals surface area contributed by atoms with Gasteiger partial charge in [-0.2, -0.15) is 5.26 Å². The molecule has 0 spiro atoms. The molecular formula is C15H18N4O2. The summed E-state index contributed by atoms with van der Waals surface area (Å²) >= 11 is 0. The number of nitrogens with one attached hydrogen (secondary N) is 2. The van der Waals surface area contributed by atoms with E-state index < -0.39 is 0 Å². The van der Waals surface area contributed by atoms with Crippen LogP contribution in [-0.4, -0.2) is 42.4 Å². The van der Waals surface area contributed by atoms with Crippen molar-refractivity contribution < 1.29 is 9.59 Å². The maximum Gasteiger partial charge on any atom is 0.241 e. The number of hydrogen-bond donors (Lipinski definition) is 2. The largest absolute Gasteiger partial charge is 0.355 e. The number of carbonyl (C=O) groups excluding carboxylic acids is 2. The first-order chi connectivity index (χ1) is 10.1. The molecule has 2 rings (SSSR count). The summed E-state index contributed by atoms with van der Waals surface area (Å²) in [6.45, 7) is 3.63. The van der Waals surface area contributed by atoms with E-state index in [-0.39, 0.29) is 17.9 Å². The third kappa shape index (κ3) is 4.04. The Morgan fingerprint density at radius 3 is 2.76 bits per heavy atom. The van der Waals surface area contributed by atoms with Crippen LogP contribution in [0.2, 0.25) is 0 Å². The first-order valence-corrected chi connectivity index (χ1v) is 6.92. The Morgan fingerprint density at radius 1 is 1.38 bits per heavy atom. The lowest BCUT2D eigenvalue weighted by atomic mass is 10.2. The van der Waals surface area contributed by atoms with Gasteiger partial charge in [-0.25, -0.2) is 0 Å². The first kappa shape index (κ1) is 15.0. The van der Waals surface area contributed by atoms with Crippen molar-refractivity contribution in [2.45, 2.75) is 19.4 Å². The maximum atomic E-state index is 12.2. The standard InChI is InChI=1S/C15H18N4O2/c1-11(19-8-6-14(20)17-7-9-19)15(21)18-13-4-2-12(10-16)3-5-13/h2-5,11H,6-9H2,1H3,(H,17,20)(H,18,21). The Hall–Kier alpha value is -2.39. The van der Waals surface area contributed by atoms with Gasteiger partial charge >= 0.3 is 0 Å². The monoisotopic (exact) mass is 286 g/mol. The molecule has 1 aromatic carbocycles. The van der Waals surface area contributed by atoms with Crippen LogP contribution < -0.4 is 10.6 Å². The summed E-state index contributed by atoms with van der Waals surface area (Å²) in [5.41, 5.74) is 1.22. The summed E-state index contributed by atoms with van der Waals surface area (Å²) in [4.78, 5) is 25.5. The molecule has 1 heterocycles. The van der Waals surface area contributed by atoms with Gasteiger partial charge in [-0.05, 0) is 31.2 Å². The zero-order chi connectivity index (χ0) is 15.2. The molecule has 0 bridgehead atoms. The number of carbonyl (C=O) groups is 2. The van der Waals surface area contributed by atoms with Gasteiger partial charge in [0, 0.05) is 31.7 Å². The SMILES string of the molecule is CC(C(=O)Nc1ccc(C#N)cc1)N1CCNC(=O)CC1. The first-order valence-electron chi connectivity index (χ1n) is 6.92. The van der Waals surface area contributed by atoms with Crippen LogP contribution in [0.25, 0.3) is 0 Å². The van der Waals surface area contributed by atoms with E-state index in [4.69, 9.17) is 5.26 Å². The van der Waals surface area contributed by atoms with Gasteiger partial charge in [0.2, 0.25) is 11.8 Å². The van der Waals surface area contributed by atoms with Crippen molar-refractivity contribution in [3.63, 3.8) is 0 Å². The van der Waals surface area contributed by atoms with Gasteiger partial charge in [-0.15, -0.1) is 0 Å². The van der Waals surface area contributed by atoms with Crippen molar-refractivity contribution in [3.05, 3.63) is 29.8 Å². The molecule has 0 aliphatic carbocycles. The number of benzene rings is 1. The number of nitriles is 1. The second kappa shape index (κ2) is 6.86. The van der Waals surface area contributed by atoms with Crippen LogP contribution in [0.15, 0.2) is 24.3 Å². The second-order valence-electron chi connectivity index (χ2n) is 4.99. The zero-order valence-corrected chi connectivity index (χ0v) is 11.9. The van der Waals surface area contributed by atoms with E-state index in [0.29, 0.717) is 37.3 Å². The molecule has 1 atom stereocenters. The molecule has 0 aromatic heterocycles. The summed E-state index contributed by atoms with van der Waals surface area (Å²) in [6, 6.07) is 8.45. The molecule has 1 aromatic rings. The third-order valence-corrected chi connectivity index (χ3v) is 3.56. The molecule has 110 valence electrons. The quantitative estimate of drug-likeness (QED) is 0.857. The highest BCUT2D eigenvalue weighted by Crippen LogP contribution is 2.11. The molecule has 2 amide bonds. The van der Waals surface area contributed by atoms with E-state index in [9.17, 15) is 9.59 Å². The van der Waals surface area contributed by atoms with Crippen molar-refractivity contribution in [2.24, 2.45) is 0 Å². The van der Waals surface area contributed by atoms with E-state index in [0.717, 1.165) is 0 Å². The summed E-state index contributed by atoms with van der Waals surface area (Å²) in [5, 5.41) is 14.4. The van der Waals surface area contributed by atoms with Gasteiger partial charge in [0.25, 0.3) is 0 Å². The van der Waals surface area contributed by atoms with Crippen LogP contribution in [0.3, 0.4) is 0 Å². The second-order valence-corrected chi connectivity index (χ2v) is 4.99. The summed E-state index contributed by atoms with van der Waals surface area (Å²) in [6.07, 6.45) is 0.411. The van der Waals surface area contributed by atoms with Gasteiger partial charge in [-0.3, -0.25) is 14.5 Å².